The highest BCUT2D eigenvalue weighted by Gasteiger charge is 2.17. The summed E-state index contributed by atoms with van der Waals surface area (Å²) in [7, 11) is 1.52. The topological polar surface area (TPSA) is 64.4 Å². The molecular weight excluding hydrogens is 300 g/mol. The van der Waals surface area contributed by atoms with Crippen molar-refractivity contribution < 1.29 is 9.66 Å². The SMILES string of the molecule is COc1ccc([N+](=O)[O-])c(NC(C)c2ccc(Cl)s2)c1. The third-order valence-electron chi connectivity index (χ3n) is 2.79. The van der Waals surface area contributed by atoms with Crippen molar-refractivity contribution in [2.24, 2.45) is 0 Å². The zero-order valence-electron chi connectivity index (χ0n) is 10.9. The molecule has 1 aromatic heterocycles. The molecule has 2 aromatic rings. The molecule has 1 unspecified atom stereocenters. The van der Waals surface area contributed by atoms with Gasteiger partial charge in [0.05, 0.1) is 22.4 Å². The summed E-state index contributed by atoms with van der Waals surface area (Å²) in [5.41, 5.74) is 0.437. The number of methoxy groups -OCH3 is 1. The number of nitrogens with one attached hydrogen (secondary N) is 1. The molecular formula is C13H13ClN2O3S. The molecule has 20 heavy (non-hydrogen) atoms. The fourth-order valence-electron chi connectivity index (χ4n) is 1.78. The van der Waals surface area contributed by atoms with E-state index in [0.717, 1.165) is 4.88 Å². The van der Waals surface area contributed by atoms with E-state index in [1.165, 1.54) is 24.5 Å². The number of thiophene rings is 1. The van der Waals surface area contributed by atoms with Crippen molar-refractivity contribution in [1.29, 1.82) is 0 Å². The number of halogens is 1. The summed E-state index contributed by atoms with van der Waals surface area (Å²) in [5, 5.41) is 14.2. The van der Waals surface area contributed by atoms with E-state index in [-0.39, 0.29) is 11.7 Å². The lowest BCUT2D eigenvalue weighted by Crippen LogP contribution is -2.07. The second-order valence-corrected chi connectivity index (χ2v) is 5.89. The van der Waals surface area contributed by atoms with Gasteiger partial charge >= 0.3 is 0 Å². The number of benzene rings is 1. The monoisotopic (exact) mass is 312 g/mol. The molecule has 0 aliphatic heterocycles. The van der Waals surface area contributed by atoms with Gasteiger partial charge < -0.3 is 10.1 Å². The molecule has 0 amide bonds. The Hall–Kier alpha value is -1.79. The molecule has 0 radical (unpaired) electrons. The van der Waals surface area contributed by atoms with E-state index in [1.54, 1.807) is 18.2 Å². The van der Waals surface area contributed by atoms with Crippen LogP contribution >= 0.6 is 22.9 Å². The van der Waals surface area contributed by atoms with Crippen LogP contribution in [0.2, 0.25) is 4.34 Å². The molecule has 0 aliphatic rings. The molecule has 0 spiro atoms. The maximum atomic E-state index is 11.0. The van der Waals surface area contributed by atoms with Gasteiger partial charge in [0, 0.05) is 17.0 Å². The van der Waals surface area contributed by atoms with Crippen LogP contribution in [0, 0.1) is 10.1 Å². The molecule has 106 valence electrons. The largest absolute Gasteiger partial charge is 0.497 e. The summed E-state index contributed by atoms with van der Waals surface area (Å²) in [6.45, 7) is 1.92. The highest BCUT2D eigenvalue weighted by atomic mass is 35.5. The van der Waals surface area contributed by atoms with Crippen LogP contribution in [0.1, 0.15) is 17.8 Å². The lowest BCUT2D eigenvalue weighted by Gasteiger charge is -2.14. The van der Waals surface area contributed by atoms with Gasteiger partial charge in [0.2, 0.25) is 0 Å². The van der Waals surface area contributed by atoms with E-state index in [4.69, 9.17) is 16.3 Å². The summed E-state index contributed by atoms with van der Waals surface area (Å²) in [6, 6.07) is 8.23. The molecule has 1 heterocycles. The minimum atomic E-state index is -0.421. The van der Waals surface area contributed by atoms with Crippen LogP contribution in [0.4, 0.5) is 11.4 Å². The first-order valence-corrected chi connectivity index (χ1v) is 7.05. The van der Waals surface area contributed by atoms with Crippen LogP contribution < -0.4 is 10.1 Å². The van der Waals surface area contributed by atoms with E-state index in [2.05, 4.69) is 5.32 Å². The number of hydrogen-bond donors (Lipinski definition) is 1. The van der Waals surface area contributed by atoms with Gasteiger partial charge in [-0.1, -0.05) is 11.6 Å². The first-order chi connectivity index (χ1) is 9.51. The van der Waals surface area contributed by atoms with Crippen LogP contribution in [-0.4, -0.2) is 12.0 Å². The highest BCUT2D eigenvalue weighted by molar-refractivity contribution is 7.16. The Bertz CT molecular complexity index is 630. The highest BCUT2D eigenvalue weighted by Crippen LogP contribution is 2.34. The van der Waals surface area contributed by atoms with Gasteiger partial charge in [-0.25, -0.2) is 0 Å². The predicted octanol–water partition coefficient (Wildman–Crippen LogP) is 4.49. The van der Waals surface area contributed by atoms with Crippen molar-refractivity contribution in [1.82, 2.24) is 0 Å². The third kappa shape index (κ3) is 3.20. The van der Waals surface area contributed by atoms with Crippen LogP contribution in [0.5, 0.6) is 5.75 Å². The molecule has 0 fully saturated rings. The maximum absolute atomic E-state index is 11.0. The first kappa shape index (κ1) is 14.6. The van der Waals surface area contributed by atoms with Gasteiger partial charge in [-0.05, 0) is 25.1 Å². The number of ether oxygens (including phenoxy) is 1. The molecule has 2 rings (SSSR count). The third-order valence-corrected chi connectivity index (χ3v) is 4.21. The molecule has 0 saturated carbocycles. The zero-order valence-corrected chi connectivity index (χ0v) is 12.5. The van der Waals surface area contributed by atoms with Crippen molar-refractivity contribution in [3.05, 3.63) is 49.7 Å². The summed E-state index contributed by atoms with van der Waals surface area (Å²) in [4.78, 5) is 11.6. The van der Waals surface area contributed by atoms with Crippen molar-refractivity contribution in [2.75, 3.05) is 12.4 Å². The Morgan fingerprint density at radius 2 is 2.15 bits per heavy atom. The summed E-state index contributed by atoms with van der Waals surface area (Å²) in [6.07, 6.45) is 0. The van der Waals surface area contributed by atoms with E-state index in [0.29, 0.717) is 15.8 Å². The average molecular weight is 313 g/mol. The van der Waals surface area contributed by atoms with Gasteiger partial charge in [0.1, 0.15) is 11.4 Å². The molecule has 1 atom stereocenters. The second kappa shape index (κ2) is 6.11. The van der Waals surface area contributed by atoms with Crippen molar-refractivity contribution in [3.8, 4) is 5.75 Å². The second-order valence-electron chi connectivity index (χ2n) is 4.15. The maximum Gasteiger partial charge on any atom is 0.292 e. The van der Waals surface area contributed by atoms with Gasteiger partial charge in [-0.2, -0.15) is 0 Å². The molecule has 1 aromatic carbocycles. The molecule has 0 bridgehead atoms. The summed E-state index contributed by atoms with van der Waals surface area (Å²) in [5.74, 6) is 0.564. The predicted molar refractivity (Wildman–Crippen MR) is 81.0 cm³/mol. The van der Waals surface area contributed by atoms with Crippen molar-refractivity contribution in [3.63, 3.8) is 0 Å². The van der Waals surface area contributed by atoms with Crippen molar-refractivity contribution >= 4 is 34.3 Å². The van der Waals surface area contributed by atoms with Gasteiger partial charge in [-0.15, -0.1) is 11.3 Å². The van der Waals surface area contributed by atoms with Crippen LogP contribution in [0.25, 0.3) is 0 Å². The Labute approximate surface area is 125 Å². The van der Waals surface area contributed by atoms with Crippen LogP contribution in [-0.2, 0) is 0 Å². The zero-order chi connectivity index (χ0) is 14.7. The van der Waals surface area contributed by atoms with Gasteiger partial charge in [-0.3, -0.25) is 10.1 Å². The fraction of sp³-hybridized carbons (Fsp3) is 0.231. The van der Waals surface area contributed by atoms with Crippen molar-refractivity contribution in [2.45, 2.75) is 13.0 Å². The molecule has 0 saturated heterocycles. The number of nitro benzene ring substituents is 1. The van der Waals surface area contributed by atoms with E-state index in [1.807, 2.05) is 13.0 Å². The van der Waals surface area contributed by atoms with E-state index >= 15 is 0 Å². The van der Waals surface area contributed by atoms with Crippen LogP contribution in [0.15, 0.2) is 30.3 Å². The molecule has 7 heteroatoms. The minimum Gasteiger partial charge on any atom is -0.497 e. The van der Waals surface area contributed by atoms with E-state index < -0.39 is 4.92 Å². The Morgan fingerprint density at radius 3 is 2.70 bits per heavy atom. The smallest absolute Gasteiger partial charge is 0.292 e. The lowest BCUT2D eigenvalue weighted by atomic mass is 10.2. The summed E-state index contributed by atoms with van der Waals surface area (Å²) < 4.78 is 5.79. The minimum absolute atomic E-state index is 0.0142. The van der Waals surface area contributed by atoms with Gasteiger partial charge in [0.25, 0.3) is 5.69 Å². The molecule has 0 aliphatic carbocycles. The van der Waals surface area contributed by atoms with Gasteiger partial charge in [0.15, 0.2) is 0 Å². The van der Waals surface area contributed by atoms with E-state index in [9.17, 15) is 10.1 Å². The lowest BCUT2D eigenvalue weighted by molar-refractivity contribution is -0.384. The fourth-order valence-corrected chi connectivity index (χ4v) is 2.85. The average Bonchev–Trinajstić information content (AvgIpc) is 2.85. The number of nitrogens with zero attached hydrogens (tertiary/aromatic N) is 1. The Kier molecular flexibility index (Phi) is 4.46. The number of anilines is 1. The quantitative estimate of drug-likeness (QED) is 0.652. The molecule has 5 nitrogen and oxygen atoms in total. The normalized spacial score (nSPS) is 11.9. The summed E-state index contributed by atoms with van der Waals surface area (Å²) >= 11 is 7.34. The number of rotatable bonds is 5. The Morgan fingerprint density at radius 1 is 1.40 bits per heavy atom. The number of nitro groups is 1. The van der Waals surface area contributed by atoms with Crippen LogP contribution in [0.3, 0.4) is 0 Å². The Balaban J connectivity index is 2.29. The first-order valence-electron chi connectivity index (χ1n) is 5.85. The molecule has 1 N–H and O–H groups in total. The number of hydrogen-bond acceptors (Lipinski definition) is 5. The standard InChI is InChI=1S/C13H13ClN2O3S/c1-8(12-5-6-13(14)20-12)15-10-7-9(19-2)3-4-11(10)16(17)18/h3-8,15H,1-2H3.